The molecule has 0 heterocycles. The molecule has 3 nitrogen and oxygen atoms in total. The standard InChI is InChI=1S/C14H19BrN2O.ClH/c1-10(16)13(18)17-9-14(7-2-8-14)11-3-5-12(15)6-4-11;/h3-6,10H,2,7-9,16H2,1H3,(H,17,18);1H/t10-;/m1./s1. The van der Waals surface area contributed by atoms with Crippen molar-refractivity contribution in [3.8, 4) is 0 Å². The highest BCUT2D eigenvalue weighted by Crippen LogP contribution is 2.43. The molecule has 0 bridgehead atoms. The fourth-order valence-corrected chi connectivity index (χ4v) is 2.66. The van der Waals surface area contributed by atoms with E-state index in [1.165, 1.54) is 12.0 Å². The Labute approximate surface area is 128 Å². The second-order valence-corrected chi connectivity index (χ2v) is 6.06. The molecule has 3 N–H and O–H groups in total. The predicted octanol–water partition coefficient (Wildman–Crippen LogP) is 2.76. The summed E-state index contributed by atoms with van der Waals surface area (Å²) in [5.41, 5.74) is 6.99. The quantitative estimate of drug-likeness (QED) is 0.880. The average molecular weight is 348 g/mol. The Morgan fingerprint density at radius 3 is 2.42 bits per heavy atom. The van der Waals surface area contributed by atoms with Crippen LogP contribution in [-0.2, 0) is 10.2 Å². The van der Waals surface area contributed by atoms with E-state index in [-0.39, 0.29) is 23.7 Å². The van der Waals surface area contributed by atoms with Gasteiger partial charge in [0.15, 0.2) is 0 Å². The van der Waals surface area contributed by atoms with Gasteiger partial charge in [0.05, 0.1) is 6.04 Å². The molecular formula is C14H20BrClN2O. The Hall–Kier alpha value is -0.580. The van der Waals surface area contributed by atoms with Gasteiger partial charge in [-0.3, -0.25) is 4.79 Å². The highest BCUT2D eigenvalue weighted by molar-refractivity contribution is 9.10. The van der Waals surface area contributed by atoms with Crippen molar-refractivity contribution in [2.75, 3.05) is 6.54 Å². The topological polar surface area (TPSA) is 55.1 Å². The molecule has 19 heavy (non-hydrogen) atoms. The maximum atomic E-state index is 11.6. The first-order chi connectivity index (χ1) is 8.53. The number of benzene rings is 1. The molecule has 1 aromatic carbocycles. The third kappa shape index (κ3) is 3.71. The van der Waals surface area contributed by atoms with Crippen LogP contribution in [0.25, 0.3) is 0 Å². The van der Waals surface area contributed by atoms with E-state index in [0.717, 1.165) is 17.3 Å². The lowest BCUT2D eigenvalue weighted by molar-refractivity contribution is -0.122. The minimum atomic E-state index is -0.438. The van der Waals surface area contributed by atoms with Crippen LogP contribution in [0.4, 0.5) is 0 Å². The van der Waals surface area contributed by atoms with Crippen LogP contribution in [0.3, 0.4) is 0 Å². The van der Waals surface area contributed by atoms with Crippen molar-refractivity contribution >= 4 is 34.2 Å². The second kappa shape index (κ2) is 6.73. The summed E-state index contributed by atoms with van der Waals surface area (Å²) in [5, 5.41) is 2.96. The van der Waals surface area contributed by atoms with Gasteiger partial charge in [-0.1, -0.05) is 34.5 Å². The summed E-state index contributed by atoms with van der Waals surface area (Å²) < 4.78 is 1.08. The van der Waals surface area contributed by atoms with Crippen LogP contribution >= 0.6 is 28.3 Å². The molecule has 1 saturated carbocycles. The van der Waals surface area contributed by atoms with Gasteiger partial charge in [-0.05, 0) is 37.5 Å². The largest absolute Gasteiger partial charge is 0.354 e. The van der Waals surface area contributed by atoms with E-state index in [9.17, 15) is 4.79 Å². The normalized spacial score (nSPS) is 17.8. The second-order valence-electron chi connectivity index (χ2n) is 5.15. The number of carbonyl (C=O) groups is 1. The van der Waals surface area contributed by atoms with Gasteiger partial charge in [-0.2, -0.15) is 0 Å². The summed E-state index contributed by atoms with van der Waals surface area (Å²) in [6, 6.07) is 7.96. The number of halogens is 2. The number of carbonyl (C=O) groups excluding carboxylic acids is 1. The molecule has 1 amide bonds. The van der Waals surface area contributed by atoms with Gasteiger partial charge in [0.2, 0.25) is 5.91 Å². The fraction of sp³-hybridized carbons (Fsp3) is 0.500. The van der Waals surface area contributed by atoms with Crippen LogP contribution in [-0.4, -0.2) is 18.5 Å². The molecular weight excluding hydrogens is 328 g/mol. The Balaban J connectivity index is 0.00000180. The Morgan fingerprint density at radius 2 is 2.00 bits per heavy atom. The lowest BCUT2D eigenvalue weighted by Crippen LogP contribution is -2.49. The zero-order valence-electron chi connectivity index (χ0n) is 11.0. The third-order valence-corrected chi connectivity index (χ3v) is 4.31. The van der Waals surface area contributed by atoms with E-state index in [2.05, 4.69) is 45.5 Å². The van der Waals surface area contributed by atoms with Gasteiger partial charge in [0.1, 0.15) is 0 Å². The minimum absolute atomic E-state index is 0. The van der Waals surface area contributed by atoms with Gasteiger partial charge >= 0.3 is 0 Å². The molecule has 0 aromatic heterocycles. The van der Waals surface area contributed by atoms with E-state index < -0.39 is 6.04 Å². The van der Waals surface area contributed by atoms with Gasteiger partial charge < -0.3 is 11.1 Å². The van der Waals surface area contributed by atoms with Gasteiger partial charge in [0, 0.05) is 16.4 Å². The third-order valence-electron chi connectivity index (χ3n) is 3.78. The molecule has 0 unspecified atom stereocenters. The average Bonchev–Trinajstić information content (AvgIpc) is 2.29. The zero-order valence-corrected chi connectivity index (χ0v) is 13.4. The van der Waals surface area contributed by atoms with E-state index in [0.29, 0.717) is 6.54 Å². The SMILES string of the molecule is C[C@@H](N)C(=O)NCC1(c2ccc(Br)cc2)CCC1.Cl. The molecule has 1 aliphatic rings. The number of amides is 1. The van der Waals surface area contributed by atoms with Gasteiger partial charge in [-0.15, -0.1) is 12.4 Å². The molecule has 0 aliphatic heterocycles. The maximum Gasteiger partial charge on any atom is 0.236 e. The van der Waals surface area contributed by atoms with Crippen molar-refractivity contribution < 1.29 is 4.79 Å². The molecule has 1 aliphatic carbocycles. The maximum absolute atomic E-state index is 11.6. The van der Waals surface area contributed by atoms with E-state index >= 15 is 0 Å². The molecule has 1 fully saturated rings. The Bertz CT molecular complexity index is 430. The first kappa shape index (κ1) is 16.5. The van der Waals surface area contributed by atoms with Crippen molar-refractivity contribution in [1.82, 2.24) is 5.32 Å². The number of rotatable bonds is 4. The van der Waals surface area contributed by atoms with E-state index in [1.807, 2.05) is 0 Å². The first-order valence-electron chi connectivity index (χ1n) is 6.33. The Kier molecular flexibility index (Phi) is 5.83. The van der Waals surface area contributed by atoms with Crippen LogP contribution in [0.15, 0.2) is 28.7 Å². The summed E-state index contributed by atoms with van der Waals surface area (Å²) in [5.74, 6) is -0.0709. The molecule has 1 aromatic rings. The molecule has 0 spiro atoms. The van der Waals surface area contributed by atoms with Crippen LogP contribution < -0.4 is 11.1 Å². The predicted molar refractivity (Wildman–Crippen MR) is 83.6 cm³/mol. The van der Waals surface area contributed by atoms with Gasteiger partial charge in [0.25, 0.3) is 0 Å². The number of hydrogen-bond acceptors (Lipinski definition) is 2. The van der Waals surface area contributed by atoms with Crippen LogP contribution in [0.1, 0.15) is 31.7 Å². The van der Waals surface area contributed by atoms with E-state index in [4.69, 9.17) is 5.73 Å². The Morgan fingerprint density at radius 1 is 1.42 bits per heavy atom. The van der Waals surface area contributed by atoms with Crippen LogP contribution in [0.5, 0.6) is 0 Å². The van der Waals surface area contributed by atoms with E-state index in [1.54, 1.807) is 6.92 Å². The molecule has 0 radical (unpaired) electrons. The summed E-state index contributed by atoms with van der Waals surface area (Å²) in [7, 11) is 0. The van der Waals surface area contributed by atoms with Crippen LogP contribution in [0, 0.1) is 0 Å². The van der Waals surface area contributed by atoms with Crippen molar-refractivity contribution in [2.24, 2.45) is 5.73 Å². The molecule has 2 rings (SSSR count). The van der Waals surface area contributed by atoms with Crippen molar-refractivity contribution in [1.29, 1.82) is 0 Å². The highest BCUT2D eigenvalue weighted by Gasteiger charge is 2.38. The number of nitrogens with two attached hydrogens (primary N) is 1. The van der Waals surface area contributed by atoms with Crippen molar-refractivity contribution in [3.05, 3.63) is 34.3 Å². The summed E-state index contributed by atoms with van der Waals surface area (Å²) in [6.07, 6.45) is 3.49. The van der Waals surface area contributed by atoms with Gasteiger partial charge in [-0.25, -0.2) is 0 Å². The highest BCUT2D eigenvalue weighted by atomic mass is 79.9. The molecule has 106 valence electrons. The smallest absolute Gasteiger partial charge is 0.236 e. The first-order valence-corrected chi connectivity index (χ1v) is 7.12. The molecule has 0 saturated heterocycles. The summed E-state index contributed by atoms with van der Waals surface area (Å²) in [4.78, 5) is 11.6. The molecule has 5 heteroatoms. The van der Waals surface area contributed by atoms with Crippen molar-refractivity contribution in [3.63, 3.8) is 0 Å². The van der Waals surface area contributed by atoms with Crippen molar-refractivity contribution in [2.45, 2.75) is 37.6 Å². The number of nitrogens with one attached hydrogen (secondary N) is 1. The summed E-state index contributed by atoms with van der Waals surface area (Å²) >= 11 is 3.45. The minimum Gasteiger partial charge on any atom is -0.354 e. The summed E-state index contributed by atoms with van der Waals surface area (Å²) in [6.45, 7) is 2.40. The lowest BCUT2D eigenvalue weighted by Gasteiger charge is -2.42. The number of hydrogen-bond donors (Lipinski definition) is 2. The monoisotopic (exact) mass is 346 g/mol. The lowest BCUT2D eigenvalue weighted by atomic mass is 9.64. The van der Waals surface area contributed by atoms with Crippen LogP contribution in [0.2, 0.25) is 0 Å². The fourth-order valence-electron chi connectivity index (χ4n) is 2.39. The zero-order chi connectivity index (χ0) is 13.2. The molecule has 1 atom stereocenters.